The molecule has 0 saturated carbocycles. The van der Waals surface area contributed by atoms with Gasteiger partial charge in [0.1, 0.15) is 11.5 Å². The highest BCUT2D eigenvalue weighted by atomic mass is 19.1. The standard InChI is InChI=1S/C21H19FN6O/c1-11-17(15-7-4-8-16(19(23)29)18(15)25-11)21-26-20(12(2)27-28-21)24-10-13-5-3-6-14(22)9-13/h3-9,25H,10H2,1-2H3,(H2,23,29)(H,24,26,28). The van der Waals surface area contributed by atoms with E-state index in [1.165, 1.54) is 12.1 Å². The molecule has 0 atom stereocenters. The van der Waals surface area contributed by atoms with E-state index in [9.17, 15) is 9.18 Å². The Morgan fingerprint density at radius 2 is 1.97 bits per heavy atom. The maximum absolute atomic E-state index is 13.4. The molecule has 0 radical (unpaired) electrons. The summed E-state index contributed by atoms with van der Waals surface area (Å²) in [5, 5.41) is 12.4. The highest BCUT2D eigenvalue weighted by Gasteiger charge is 2.18. The summed E-state index contributed by atoms with van der Waals surface area (Å²) in [5.74, 6) is 0.174. The first-order valence-electron chi connectivity index (χ1n) is 9.05. The number of nitrogens with two attached hydrogens (primary N) is 1. The summed E-state index contributed by atoms with van der Waals surface area (Å²) < 4.78 is 13.4. The molecule has 0 aliphatic heterocycles. The fourth-order valence-electron chi connectivity index (χ4n) is 3.33. The van der Waals surface area contributed by atoms with Crippen LogP contribution in [0.2, 0.25) is 0 Å². The number of para-hydroxylation sites is 1. The lowest BCUT2D eigenvalue weighted by atomic mass is 10.1. The van der Waals surface area contributed by atoms with Crippen LogP contribution in [-0.2, 0) is 6.54 Å². The molecule has 4 rings (SSSR count). The molecule has 29 heavy (non-hydrogen) atoms. The van der Waals surface area contributed by atoms with Gasteiger partial charge in [-0.1, -0.05) is 24.3 Å². The molecule has 4 aromatic rings. The van der Waals surface area contributed by atoms with E-state index in [4.69, 9.17) is 5.73 Å². The van der Waals surface area contributed by atoms with Gasteiger partial charge in [0, 0.05) is 23.2 Å². The van der Waals surface area contributed by atoms with Gasteiger partial charge in [0.2, 0.25) is 0 Å². The van der Waals surface area contributed by atoms with E-state index in [1.807, 2.05) is 19.1 Å². The summed E-state index contributed by atoms with van der Waals surface area (Å²) in [6.07, 6.45) is 0. The number of fused-ring (bicyclic) bond motifs is 1. The summed E-state index contributed by atoms with van der Waals surface area (Å²) >= 11 is 0. The van der Waals surface area contributed by atoms with Gasteiger partial charge >= 0.3 is 0 Å². The number of aromatic nitrogens is 4. The number of anilines is 1. The molecule has 7 nitrogen and oxygen atoms in total. The van der Waals surface area contributed by atoms with Crippen molar-refractivity contribution in [2.75, 3.05) is 5.32 Å². The normalized spacial score (nSPS) is 11.0. The van der Waals surface area contributed by atoms with Gasteiger partial charge in [-0.25, -0.2) is 9.37 Å². The third-order valence-electron chi connectivity index (χ3n) is 4.71. The van der Waals surface area contributed by atoms with E-state index >= 15 is 0 Å². The van der Waals surface area contributed by atoms with Gasteiger partial charge < -0.3 is 16.0 Å². The lowest BCUT2D eigenvalue weighted by molar-refractivity contribution is 0.100. The van der Waals surface area contributed by atoms with Crippen molar-refractivity contribution in [2.45, 2.75) is 20.4 Å². The van der Waals surface area contributed by atoms with E-state index < -0.39 is 5.91 Å². The molecule has 2 aromatic heterocycles. The van der Waals surface area contributed by atoms with E-state index in [0.29, 0.717) is 35.0 Å². The van der Waals surface area contributed by atoms with E-state index in [2.05, 4.69) is 25.5 Å². The largest absolute Gasteiger partial charge is 0.366 e. The van der Waals surface area contributed by atoms with Crippen molar-refractivity contribution in [3.05, 3.63) is 70.8 Å². The molecule has 1 amide bonds. The molecule has 0 aliphatic carbocycles. The molecule has 0 saturated heterocycles. The van der Waals surface area contributed by atoms with Gasteiger partial charge in [-0.3, -0.25) is 4.79 Å². The molecule has 0 aliphatic rings. The van der Waals surface area contributed by atoms with E-state index in [-0.39, 0.29) is 5.82 Å². The Bertz CT molecular complexity index is 1230. The quantitative estimate of drug-likeness (QED) is 0.483. The number of rotatable bonds is 5. The second-order valence-electron chi connectivity index (χ2n) is 6.77. The van der Waals surface area contributed by atoms with Crippen molar-refractivity contribution >= 4 is 22.6 Å². The molecule has 0 fully saturated rings. The predicted molar refractivity (Wildman–Crippen MR) is 109 cm³/mol. The van der Waals surface area contributed by atoms with E-state index in [0.717, 1.165) is 22.2 Å². The first-order chi connectivity index (χ1) is 13.9. The number of carbonyl (C=O) groups is 1. The number of halogens is 1. The van der Waals surface area contributed by atoms with Crippen LogP contribution in [0.15, 0.2) is 42.5 Å². The van der Waals surface area contributed by atoms with Crippen molar-refractivity contribution in [3.63, 3.8) is 0 Å². The van der Waals surface area contributed by atoms with Gasteiger partial charge in [0.25, 0.3) is 5.91 Å². The fourth-order valence-corrected chi connectivity index (χ4v) is 3.33. The van der Waals surface area contributed by atoms with Crippen molar-refractivity contribution < 1.29 is 9.18 Å². The SMILES string of the molecule is Cc1nnc(-c2c(C)[nH]c3c(C(N)=O)cccc23)nc1NCc1cccc(F)c1. The number of nitrogens with zero attached hydrogens (tertiary/aromatic N) is 3. The summed E-state index contributed by atoms with van der Waals surface area (Å²) in [5.41, 5.74) is 9.51. The third kappa shape index (κ3) is 3.52. The molecule has 2 heterocycles. The maximum Gasteiger partial charge on any atom is 0.250 e. The van der Waals surface area contributed by atoms with Crippen LogP contribution < -0.4 is 11.1 Å². The summed E-state index contributed by atoms with van der Waals surface area (Å²) in [6.45, 7) is 4.07. The molecular formula is C21H19FN6O. The highest BCUT2D eigenvalue weighted by Crippen LogP contribution is 2.32. The Kier molecular flexibility index (Phi) is 4.67. The predicted octanol–water partition coefficient (Wildman–Crippen LogP) is 3.49. The molecular weight excluding hydrogens is 371 g/mol. The number of carbonyl (C=O) groups excluding carboxylic acids is 1. The molecule has 8 heteroatoms. The third-order valence-corrected chi connectivity index (χ3v) is 4.71. The van der Waals surface area contributed by atoms with Crippen LogP contribution >= 0.6 is 0 Å². The second-order valence-corrected chi connectivity index (χ2v) is 6.77. The van der Waals surface area contributed by atoms with Gasteiger partial charge in [-0.05, 0) is 37.6 Å². The van der Waals surface area contributed by atoms with Crippen LogP contribution in [0.1, 0.15) is 27.3 Å². The molecule has 4 N–H and O–H groups in total. The number of hydrogen-bond acceptors (Lipinski definition) is 5. The molecule has 146 valence electrons. The molecule has 0 unspecified atom stereocenters. The average Bonchev–Trinajstić information content (AvgIpc) is 3.03. The summed E-state index contributed by atoms with van der Waals surface area (Å²) in [7, 11) is 0. The average molecular weight is 390 g/mol. The zero-order valence-electron chi connectivity index (χ0n) is 16.0. The summed E-state index contributed by atoms with van der Waals surface area (Å²) in [6, 6.07) is 11.7. The first-order valence-corrected chi connectivity index (χ1v) is 9.05. The van der Waals surface area contributed by atoms with Crippen molar-refractivity contribution in [2.24, 2.45) is 5.73 Å². The van der Waals surface area contributed by atoms with Crippen molar-refractivity contribution in [3.8, 4) is 11.4 Å². The number of primary amides is 1. The molecule has 0 spiro atoms. The summed E-state index contributed by atoms with van der Waals surface area (Å²) in [4.78, 5) is 19.6. The maximum atomic E-state index is 13.4. The van der Waals surface area contributed by atoms with Gasteiger partial charge in [-0.2, -0.15) is 0 Å². The highest BCUT2D eigenvalue weighted by molar-refractivity contribution is 6.09. The number of H-pyrrole nitrogens is 1. The number of nitrogens with one attached hydrogen (secondary N) is 2. The topological polar surface area (TPSA) is 110 Å². The fraction of sp³-hybridized carbons (Fsp3) is 0.143. The van der Waals surface area contributed by atoms with Crippen LogP contribution in [0.3, 0.4) is 0 Å². The van der Waals surface area contributed by atoms with Crippen molar-refractivity contribution in [1.82, 2.24) is 20.2 Å². The van der Waals surface area contributed by atoms with Crippen LogP contribution in [0.4, 0.5) is 10.2 Å². The Hall–Kier alpha value is -3.81. The minimum absolute atomic E-state index is 0.290. The first kappa shape index (κ1) is 18.5. The Morgan fingerprint density at radius 1 is 1.17 bits per heavy atom. The lowest BCUT2D eigenvalue weighted by Gasteiger charge is -2.09. The Morgan fingerprint density at radius 3 is 2.72 bits per heavy atom. The van der Waals surface area contributed by atoms with Crippen molar-refractivity contribution in [1.29, 1.82) is 0 Å². The lowest BCUT2D eigenvalue weighted by Crippen LogP contribution is -2.11. The zero-order valence-corrected chi connectivity index (χ0v) is 16.0. The van der Waals surface area contributed by atoms with Gasteiger partial charge in [0.15, 0.2) is 11.6 Å². The molecule has 2 aromatic carbocycles. The number of aromatic amines is 1. The van der Waals surface area contributed by atoms with Crippen LogP contribution in [-0.4, -0.2) is 26.1 Å². The number of aryl methyl sites for hydroxylation is 2. The van der Waals surface area contributed by atoms with Gasteiger partial charge in [-0.15, -0.1) is 10.2 Å². The minimum atomic E-state index is -0.510. The zero-order chi connectivity index (χ0) is 20.5. The van der Waals surface area contributed by atoms with Crippen LogP contribution in [0.25, 0.3) is 22.3 Å². The smallest absolute Gasteiger partial charge is 0.250 e. The number of amides is 1. The van der Waals surface area contributed by atoms with Crippen LogP contribution in [0, 0.1) is 19.7 Å². The Balaban J connectivity index is 1.73. The van der Waals surface area contributed by atoms with E-state index in [1.54, 1.807) is 25.1 Å². The number of hydrogen-bond donors (Lipinski definition) is 3. The molecule has 0 bridgehead atoms. The van der Waals surface area contributed by atoms with Crippen LogP contribution in [0.5, 0.6) is 0 Å². The number of benzene rings is 2. The second kappa shape index (κ2) is 7.31. The van der Waals surface area contributed by atoms with Gasteiger partial charge in [0.05, 0.1) is 11.1 Å². The monoisotopic (exact) mass is 390 g/mol. The minimum Gasteiger partial charge on any atom is -0.366 e. The Labute approximate surface area is 166 Å².